The van der Waals surface area contributed by atoms with E-state index in [0.29, 0.717) is 0 Å². The van der Waals surface area contributed by atoms with Crippen molar-refractivity contribution in [3.05, 3.63) is 42.1 Å². The SMILES string of the molecule is CN(CCN1CCCC1)Cc1cn[nH]c1-c1ccccc1. The van der Waals surface area contributed by atoms with Gasteiger partial charge in [-0.15, -0.1) is 0 Å². The quantitative estimate of drug-likeness (QED) is 0.885. The molecule has 2 heterocycles. The minimum Gasteiger partial charge on any atom is -0.302 e. The first kappa shape index (κ1) is 14.3. The van der Waals surface area contributed by atoms with Gasteiger partial charge in [-0.3, -0.25) is 5.10 Å². The highest BCUT2D eigenvalue weighted by Gasteiger charge is 2.13. The largest absolute Gasteiger partial charge is 0.302 e. The molecule has 1 saturated heterocycles. The molecule has 0 amide bonds. The summed E-state index contributed by atoms with van der Waals surface area (Å²) in [5.41, 5.74) is 3.62. The molecule has 1 fully saturated rings. The van der Waals surface area contributed by atoms with Gasteiger partial charge in [0.05, 0.1) is 11.9 Å². The number of aromatic amines is 1. The van der Waals surface area contributed by atoms with E-state index >= 15 is 0 Å². The minimum absolute atomic E-state index is 0.939. The van der Waals surface area contributed by atoms with Crippen LogP contribution in [0.15, 0.2) is 36.5 Å². The van der Waals surface area contributed by atoms with Crippen molar-refractivity contribution < 1.29 is 0 Å². The summed E-state index contributed by atoms with van der Waals surface area (Å²) in [5.74, 6) is 0. The third kappa shape index (κ3) is 3.71. The third-order valence-electron chi connectivity index (χ3n) is 4.22. The Morgan fingerprint density at radius 3 is 2.71 bits per heavy atom. The molecular weight excluding hydrogens is 260 g/mol. The fraction of sp³-hybridized carbons (Fsp3) is 0.471. The standard InChI is InChI=1S/C17H24N4/c1-20(11-12-21-9-5-6-10-21)14-16-13-18-19-17(16)15-7-3-2-4-8-15/h2-4,7-8,13H,5-6,9-12,14H2,1H3,(H,18,19). The summed E-state index contributed by atoms with van der Waals surface area (Å²) in [6.45, 7) is 5.77. The summed E-state index contributed by atoms with van der Waals surface area (Å²) in [4.78, 5) is 4.94. The van der Waals surface area contributed by atoms with E-state index in [0.717, 1.165) is 18.8 Å². The molecule has 0 atom stereocenters. The van der Waals surface area contributed by atoms with Crippen LogP contribution in [0.3, 0.4) is 0 Å². The first-order valence-corrected chi connectivity index (χ1v) is 7.81. The molecule has 0 spiro atoms. The lowest BCUT2D eigenvalue weighted by Crippen LogP contribution is -2.31. The minimum atomic E-state index is 0.939. The number of likely N-dealkylation sites (tertiary alicyclic amines) is 1. The summed E-state index contributed by atoms with van der Waals surface area (Å²) >= 11 is 0. The number of nitrogens with one attached hydrogen (secondary N) is 1. The molecule has 0 unspecified atom stereocenters. The Balaban J connectivity index is 1.58. The zero-order chi connectivity index (χ0) is 14.5. The molecule has 0 radical (unpaired) electrons. The summed E-state index contributed by atoms with van der Waals surface area (Å²) in [7, 11) is 2.19. The van der Waals surface area contributed by atoms with Gasteiger partial charge in [-0.25, -0.2) is 0 Å². The van der Waals surface area contributed by atoms with Crippen LogP contribution in [0, 0.1) is 0 Å². The van der Waals surface area contributed by atoms with Crippen LogP contribution in [-0.2, 0) is 6.54 Å². The van der Waals surface area contributed by atoms with Gasteiger partial charge in [-0.1, -0.05) is 30.3 Å². The van der Waals surface area contributed by atoms with Gasteiger partial charge >= 0.3 is 0 Å². The highest BCUT2D eigenvalue weighted by molar-refractivity contribution is 5.62. The Bertz CT molecular complexity index is 543. The molecule has 4 heteroatoms. The van der Waals surface area contributed by atoms with Crippen molar-refractivity contribution in [3.63, 3.8) is 0 Å². The van der Waals surface area contributed by atoms with Gasteiger partial charge in [0.2, 0.25) is 0 Å². The lowest BCUT2D eigenvalue weighted by Gasteiger charge is -2.21. The van der Waals surface area contributed by atoms with E-state index in [9.17, 15) is 0 Å². The Hall–Kier alpha value is -1.65. The van der Waals surface area contributed by atoms with Crippen molar-refractivity contribution in [1.82, 2.24) is 20.0 Å². The number of hydrogen-bond donors (Lipinski definition) is 1. The van der Waals surface area contributed by atoms with E-state index in [1.807, 2.05) is 12.3 Å². The number of hydrogen-bond acceptors (Lipinski definition) is 3. The Labute approximate surface area is 126 Å². The molecule has 4 nitrogen and oxygen atoms in total. The van der Waals surface area contributed by atoms with E-state index in [-0.39, 0.29) is 0 Å². The second kappa shape index (κ2) is 6.87. The molecule has 0 saturated carbocycles. The van der Waals surface area contributed by atoms with Crippen molar-refractivity contribution in [1.29, 1.82) is 0 Å². The fourth-order valence-corrected chi connectivity index (χ4v) is 2.97. The van der Waals surface area contributed by atoms with Gasteiger partial charge < -0.3 is 9.80 Å². The molecule has 0 aliphatic carbocycles. The molecule has 1 aromatic heterocycles. The molecule has 3 rings (SSSR count). The van der Waals surface area contributed by atoms with Gasteiger partial charge in [-0.2, -0.15) is 5.10 Å². The van der Waals surface area contributed by atoms with E-state index < -0.39 is 0 Å². The average molecular weight is 284 g/mol. The van der Waals surface area contributed by atoms with Gasteiger partial charge in [0, 0.05) is 25.2 Å². The maximum Gasteiger partial charge on any atom is 0.0695 e. The molecule has 112 valence electrons. The van der Waals surface area contributed by atoms with Gasteiger partial charge in [0.15, 0.2) is 0 Å². The maximum absolute atomic E-state index is 4.23. The lowest BCUT2D eigenvalue weighted by molar-refractivity contribution is 0.252. The van der Waals surface area contributed by atoms with E-state index in [2.05, 4.69) is 51.3 Å². The monoisotopic (exact) mass is 284 g/mol. The highest BCUT2D eigenvalue weighted by Crippen LogP contribution is 2.21. The first-order valence-electron chi connectivity index (χ1n) is 7.81. The smallest absolute Gasteiger partial charge is 0.0695 e. The highest BCUT2D eigenvalue weighted by atomic mass is 15.2. The van der Waals surface area contributed by atoms with E-state index in [1.165, 1.54) is 43.6 Å². The maximum atomic E-state index is 4.23. The third-order valence-corrected chi connectivity index (χ3v) is 4.22. The first-order chi connectivity index (χ1) is 10.3. The predicted octanol–water partition coefficient (Wildman–Crippen LogP) is 2.60. The number of nitrogens with zero attached hydrogens (tertiary/aromatic N) is 3. The van der Waals surface area contributed by atoms with Crippen LogP contribution in [-0.4, -0.2) is 53.2 Å². The summed E-state index contributed by atoms with van der Waals surface area (Å²) in [6.07, 6.45) is 4.68. The molecule has 2 aromatic rings. The van der Waals surface area contributed by atoms with Gasteiger partial charge in [-0.05, 0) is 38.5 Å². The molecule has 21 heavy (non-hydrogen) atoms. The Kier molecular flexibility index (Phi) is 4.68. The van der Waals surface area contributed by atoms with Crippen molar-refractivity contribution in [3.8, 4) is 11.3 Å². The van der Waals surface area contributed by atoms with Crippen LogP contribution < -0.4 is 0 Å². The number of H-pyrrole nitrogens is 1. The average Bonchev–Trinajstić information content (AvgIpc) is 3.17. The van der Waals surface area contributed by atoms with Crippen LogP contribution in [0.25, 0.3) is 11.3 Å². The van der Waals surface area contributed by atoms with E-state index in [4.69, 9.17) is 0 Å². The summed E-state index contributed by atoms with van der Waals surface area (Å²) in [5, 5.41) is 7.36. The molecule has 1 aliphatic heterocycles. The second-order valence-corrected chi connectivity index (χ2v) is 5.92. The number of aromatic nitrogens is 2. The molecule has 1 aromatic carbocycles. The lowest BCUT2D eigenvalue weighted by atomic mass is 10.1. The van der Waals surface area contributed by atoms with Crippen LogP contribution in [0.5, 0.6) is 0 Å². The Morgan fingerprint density at radius 2 is 1.95 bits per heavy atom. The molecule has 1 N–H and O–H groups in total. The van der Waals surface area contributed by atoms with Gasteiger partial charge in [0.25, 0.3) is 0 Å². The Morgan fingerprint density at radius 1 is 1.19 bits per heavy atom. The number of rotatable bonds is 6. The van der Waals surface area contributed by atoms with Crippen molar-refractivity contribution in [2.24, 2.45) is 0 Å². The van der Waals surface area contributed by atoms with Crippen molar-refractivity contribution in [2.75, 3.05) is 33.2 Å². The predicted molar refractivity (Wildman–Crippen MR) is 86.0 cm³/mol. The number of benzene rings is 1. The molecule has 1 aliphatic rings. The zero-order valence-electron chi connectivity index (χ0n) is 12.8. The zero-order valence-corrected chi connectivity index (χ0v) is 12.8. The van der Waals surface area contributed by atoms with Crippen LogP contribution in [0.1, 0.15) is 18.4 Å². The van der Waals surface area contributed by atoms with E-state index in [1.54, 1.807) is 0 Å². The normalized spacial score (nSPS) is 15.9. The summed E-state index contributed by atoms with van der Waals surface area (Å²) in [6, 6.07) is 10.4. The van der Waals surface area contributed by atoms with Crippen LogP contribution >= 0.6 is 0 Å². The second-order valence-electron chi connectivity index (χ2n) is 5.92. The van der Waals surface area contributed by atoms with Gasteiger partial charge in [0.1, 0.15) is 0 Å². The fourth-order valence-electron chi connectivity index (χ4n) is 2.97. The summed E-state index contributed by atoms with van der Waals surface area (Å²) < 4.78 is 0. The van der Waals surface area contributed by atoms with Crippen LogP contribution in [0.4, 0.5) is 0 Å². The van der Waals surface area contributed by atoms with Crippen LogP contribution in [0.2, 0.25) is 0 Å². The topological polar surface area (TPSA) is 35.2 Å². The number of likely N-dealkylation sites (N-methyl/N-ethyl adjacent to an activating group) is 1. The van der Waals surface area contributed by atoms with Crippen molar-refractivity contribution >= 4 is 0 Å². The molecular formula is C17H24N4. The van der Waals surface area contributed by atoms with Crippen molar-refractivity contribution in [2.45, 2.75) is 19.4 Å². The molecule has 0 bridgehead atoms.